The van der Waals surface area contributed by atoms with E-state index in [1.807, 2.05) is 6.07 Å². The zero-order chi connectivity index (χ0) is 10.4. The molecule has 0 saturated carbocycles. The summed E-state index contributed by atoms with van der Waals surface area (Å²) in [5, 5.41) is 2.38. The highest BCUT2D eigenvalue weighted by atomic mass is 16.2. The quantitative estimate of drug-likeness (QED) is 0.636. The molecule has 0 atom stereocenters. The van der Waals surface area contributed by atoms with Crippen LogP contribution in [0, 0.1) is 0 Å². The van der Waals surface area contributed by atoms with E-state index in [1.54, 1.807) is 18.2 Å². The molecule has 1 aliphatic rings. The molecule has 0 bridgehead atoms. The normalized spacial score (nSPS) is 14.1. The van der Waals surface area contributed by atoms with Gasteiger partial charge in [-0.1, -0.05) is 12.1 Å². The van der Waals surface area contributed by atoms with E-state index in [2.05, 4.69) is 15.3 Å². The van der Waals surface area contributed by atoms with Crippen molar-refractivity contribution in [2.45, 2.75) is 0 Å². The predicted molar refractivity (Wildman–Crippen MR) is 52.5 cm³/mol. The number of hydrogen-bond acceptors (Lipinski definition) is 4. The third kappa shape index (κ3) is 1.03. The fourth-order valence-electron chi connectivity index (χ4n) is 1.52. The van der Waals surface area contributed by atoms with Crippen molar-refractivity contribution in [3.05, 3.63) is 30.0 Å². The van der Waals surface area contributed by atoms with Gasteiger partial charge in [-0.25, -0.2) is 9.97 Å². The van der Waals surface area contributed by atoms with Crippen molar-refractivity contribution in [3.63, 3.8) is 0 Å². The van der Waals surface area contributed by atoms with Crippen molar-refractivity contribution in [2.24, 2.45) is 0 Å². The first-order chi connectivity index (χ1) is 7.25. The first-order valence-electron chi connectivity index (χ1n) is 4.38. The fraction of sp³-hybridized carbons (Fsp3) is 0. The number of nitrogens with zero attached hydrogens (tertiary/aromatic N) is 2. The standard InChI is InChI=1S/C10H5N3O2/c14-8-7-9(13-10(8)15)12-6-4-2-1-3-5(6)11-7/h1-4H,(H,12,13,14,15). The van der Waals surface area contributed by atoms with Gasteiger partial charge in [-0.3, -0.25) is 9.59 Å². The van der Waals surface area contributed by atoms with E-state index in [-0.39, 0.29) is 11.5 Å². The third-order valence-electron chi connectivity index (χ3n) is 2.22. The highest BCUT2D eigenvalue weighted by Gasteiger charge is 2.31. The molecule has 72 valence electrons. The molecule has 2 heterocycles. The number of Topliss-reactive ketones (excluding diaryl/α,β-unsaturated/α-hetero) is 1. The van der Waals surface area contributed by atoms with Gasteiger partial charge in [0.25, 0.3) is 11.7 Å². The summed E-state index contributed by atoms with van der Waals surface area (Å²) in [4.78, 5) is 30.6. The summed E-state index contributed by atoms with van der Waals surface area (Å²) in [6, 6.07) is 7.15. The molecule has 1 amide bonds. The van der Waals surface area contributed by atoms with Crippen LogP contribution in [0.3, 0.4) is 0 Å². The lowest BCUT2D eigenvalue weighted by Crippen LogP contribution is -2.12. The molecule has 0 spiro atoms. The summed E-state index contributed by atoms with van der Waals surface area (Å²) in [7, 11) is 0. The number of carbonyl (C=O) groups is 2. The third-order valence-corrected chi connectivity index (χ3v) is 2.22. The Hall–Kier alpha value is -2.30. The van der Waals surface area contributed by atoms with E-state index in [0.29, 0.717) is 11.0 Å². The topological polar surface area (TPSA) is 72.0 Å². The van der Waals surface area contributed by atoms with Gasteiger partial charge < -0.3 is 5.32 Å². The second kappa shape index (κ2) is 2.60. The van der Waals surface area contributed by atoms with Gasteiger partial charge in [0.2, 0.25) is 0 Å². The van der Waals surface area contributed by atoms with Crippen LogP contribution in [-0.2, 0) is 4.79 Å². The molecular formula is C10H5N3O2. The van der Waals surface area contributed by atoms with Crippen LogP contribution in [0.2, 0.25) is 0 Å². The minimum absolute atomic E-state index is 0.110. The summed E-state index contributed by atoms with van der Waals surface area (Å²) < 4.78 is 0. The monoisotopic (exact) mass is 199 g/mol. The van der Waals surface area contributed by atoms with Crippen molar-refractivity contribution in [1.29, 1.82) is 0 Å². The van der Waals surface area contributed by atoms with Gasteiger partial charge in [-0.15, -0.1) is 0 Å². The van der Waals surface area contributed by atoms with Crippen molar-refractivity contribution in [1.82, 2.24) is 9.97 Å². The first-order valence-corrected chi connectivity index (χ1v) is 4.38. The molecule has 3 rings (SSSR count). The smallest absolute Gasteiger partial charge is 0.299 e. The highest BCUT2D eigenvalue weighted by molar-refractivity contribution is 6.50. The molecule has 1 aromatic carbocycles. The van der Waals surface area contributed by atoms with Crippen LogP contribution in [0.25, 0.3) is 11.0 Å². The number of aromatic nitrogens is 2. The number of carbonyl (C=O) groups excluding carboxylic acids is 2. The molecule has 1 N–H and O–H groups in total. The lowest BCUT2D eigenvalue weighted by molar-refractivity contribution is -0.112. The van der Waals surface area contributed by atoms with Gasteiger partial charge in [0.1, 0.15) is 0 Å². The second-order valence-corrected chi connectivity index (χ2v) is 3.19. The number of amides is 1. The molecule has 1 aliphatic heterocycles. The molecular weight excluding hydrogens is 194 g/mol. The number of para-hydroxylation sites is 2. The van der Waals surface area contributed by atoms with Gasteiger partial charge >= 0.3 is 0 Å². The predicted octanol–water partition coefficient (Wildman–Crippen LogP) is 0.765. The number of fused-ring (bicyclic) bond motifs is 2. The highest BCUT2D eigenvalue weighted by Crippen LogP contribution is 2.21. The minimum Gasteiger partial charge on any atom is -0.302 e. The van der Waals surface area contributed by atoms with Crippen molar-refractivity contribution >= 4 is 28.5 Å². The van der Waals surface area contributed by atoms with Crippen LogP contribution in [-0.4, -0.2) is 21.7 Å². The summed E-state index contributed by atoms with van der Waals surface area (Å²) >= 11 is 0. The SMILES string of the molecule is O=C1Nc2nc3ccccc3nc2C1=O. The van der Waals surface area contributed by atoms with Gasteiger partial charge in [-0.2, -0.15) is 0 Å². The Labute approximate surface area is 84.1 Å². The average Bonchev–Trinajstić information content (AvgIpc) is 2.52. The number of benzene rings is 1. The van der Waals surface area contributed by atoms with E-state index in [4.69, 9.17) is 0 Å². The molecule has 5 nitrogen and oxygen atoms in total. The summed E-state index contributed by atoms with van der Waals surface area (Å²) in [5.41, 5.74) is 1.38. The molecule has 0 unspecified atom stereocenters. The van der Waals surface area contributed by atoms with Gasteiger partial charge in [0.05, 0.1) is 11.0 Å². The Kier molecular flexibility index (Phi) is 1.39. The largest absolute Gasteiger partial charge is 0.302 e. The zero-order valence-corrected chi connectivity index (χ0v) is 7.52. The van der Waals surface area contributed by atoms with Crippen molar-refractivity contribution in [3.8, 4) is 0 Å². The lowest BCUT2D eigenvalue weighted by atomic mass is 10.2. The van der Waals surface area contributed by atoms with Gasteiger partial charge in [0.15, 0.2) is 11.5 Å². The summed E-state index contributed by atoms with van der Waals surface area (Å²) in [6.07, 6.45) is 0. The van der Waals surface area contributed by atoms with Crippen LogP contribution >= 0.6 is 0 Å². The number of anilines is 1. The maximum atomic E-state index is 11.3. The van der Waals surface area contributed by atoms with Gasteiger partial charge in [0, 0.05) is 0 Å². The molecule has 0 aliphatic carbocycles. The van der Waals surface area contributed by atoms with Crippen molar-refractivity contribution in [2.75, 3.05) is 5.32 Å². The Balaban J connectivity index is 2.36. The van der Waals surface area contributed by atoms with Gasteiger partial charge in [-0.05, 0) is 12.1 Å². The van der Waals surface area contributed by atoms with E-state index in [9.17, 15) is 9.59 Å². The van der Waals surface area contributed by atoms with Crippen LogP contribution in [0.5, 0.6) is 0 Å². The second-order valence-electron chi connectivity index (χ2n) is 3.19. The molecule has 0 radical (unpaired) electrons. The zero-order valence-electron chi connectivity index (χ0n) is 7.52. The average molecular weight is 199 g/mol. The molecule has 2 aromatic rings. The molecule has 0 fully saturated rings. The maximum absolute atomic E-state index is 11.3. The van der Waals surface area contributed by atoms with Crippen LogP contribution in [0.15, 0.2) is 24.3 Å². The summed E-state index contributed by atoms with van der Waals surface area (Å²) in [5.74, 6) is -1.03. The molecule has 15 heavy (non-hydrogen) atoms. The maximum Gasteiger partial charge on any atom is 0.299 e. The number of rotatable bonds is 0. The van der Waals surface area contributed by atoms with Crippen LogP contribution < -0.4 is 5.32 Å². The van der Waals surface area contributed by atoms with E-state index < -0.39 is 11.7 Å². The molecule has 1 aromatic heterocycles. The Bertz CT molecular complexity index is 607. The Morgan fingerprint density at radius 1 is 1.00 bits per heavy atom. The van der Waals surface area contributed by atoms with E-state index in [0.717, 1.165) is 0 Å². The lowest BCUT2D eigenvalue weighted by Gasteiger charge is -1.98. The van der Waals surface area contributed by atoms with Crippen LogP contribution in [0.1, 0.15) is 10.5 Å². The van der Waals surface area contributed by atoms with E-state index >= 15 is 0 Å². The number of hydrogen-bond donors (Lipinski definition) is 1. The Morgan fingerprint density at radius 3 is 2.40 bits per heavy atom. The van der Waals surface area contributed by atoms with E-state index in [1.165, 1.54) is 0 Å². The molecule has 0 saturated heterocycles. The number of ketones is 1. The fourth-order valence-corrected chi connectivity index (χ4v) is 1.52. The molecule has 5 heteroatoms. The number of nitrogens with one attached hydrogen (secondary N) is 1. The van der Waals surface area contributed by atoms with Crippen molar-refractivity contribution < 1.29 is 9.59 Å². The Morgan fingerprint density at radius 2 is 1.67 bits per heavy atom. The minimum atomic E-state index is -0.666. The first kappa shape index (κ1) is 8.05. The summed E-state index contributed by atoms with van der Waals surface area (Å²) in [6.45, 7) is 0. The van der Waals surface area contributed by atoms with Crippen LogP contribution in [0.4, 0.5) is 5.82 Å².